The van der Waals surface area contributed by atoms with Crippen LogP contribution in [0.25, 0.3) is 0 Å². The summed E-state index contributed by atoms with van der Waals surface area (Å²) in [5, 5.41) is 0.448. The number of carbonyl (C=O) groups is 2. The van der Waals surface area contributed by atoms with Crippen molar-refractivity contribution < 1.29 is 23.8 Å². The summed E-state index contributed by atoms with van der Waals surface area (Å²) in [6, 6.07) is 21.8. The van der Waals surface area contributed by atoms with Crippen LogP contribution in [0.2, 0.25) is 5.02 Å². The fourth-order valence-corrected chi connectivity index (χ4v) is 2.52. The summed E-state index contributed by atoms with van der Waals surface area (Å²) < 4.78 is 15.9. The van der Waals surface area contributed by atoms with Gasteiger partial charge < -0.3 is 14.2 Å². The number of para-hydroxylation sites is 1. The lowest BCUT2D eigenvalue weighted by Gasteiger charge is -2.08. The first-order chi connectivity index (χ1) is 13.6. The molecule has 0 radical (unpaired) electrons. The molecule has 28 heavy (non-hydrogen) atoms. The van der Waals surface area contributed by atoms with Crippen LogP contribution in [0.15, 0.2) is 78.9 Å². The molecule has 0 aliphatic carbocycles. The van der Waals surface area contributed by atoms with Gasteiger partial charge in [0.25, 0.3) is 0 Å². The molecule has 0 fully saturated rings. The Balaban J connectivity index is 1.48. The fraction of sp³-hybridized carbons (Fsp3) is 0.0909. The van der Waals surface area contributed by atoms with Gasteiger partial charge in [-0.05, 0) is 54.6 Å². The first-order valence-corrected chi connectivity index (χ1v) is 8.92. The van der Waals surface area contributed by atoms with Gasteiger partial charge in [-0.3, -0.25) is 0 Å². The van der Waals surface area contributed by atoms with E-state index in [4.69, 9.17) is 25.8 Å². The van der Waals surface area contributed by atoms with Crippen molar-refractivity contribution in [2.24, 2.45) is 0 Å². The molecule has 0 N–H and O–H groups in total. The van der Waals surface area contributed by atoms with Crippen LogP contribution in [0.1, 0.15) is 20.7 Å². The Kier molecular flexibility index (Phi) is 6.65. The van der Waals surface area contributed by atoms with E-state index in [-0.39, 0.29) is 13.2 Å². The molecule has 0 aromatic heterocycles. The molecule has 0 saturated heterocycles. The van der Waals surface area contributed by atoms with Crippen molar-refractivity contribution in [1.82, 2.24) is 0 Å². The lowest BCUT2D eigenvalue weighted by molar-refractivity contribution is 0.0450. The summed E-state index contributed by atoms with van der Waals surface area (Å²) in [4.78, 5) is 24.1. The van der Waals surface area contributed by atoms with Gasteiger partial charge in [0.05, 0.1) is 11.1 Å². The smallest absolute Gasteiger partial charge is 0.343 e. The molecule has 0 heterocycles. The van der Waals surface area contributed by atoms with Gasteiger partial charge in [-0.1, -0.05) is 35.9 Å². The minimum absolute atomic E-state index is 0.124. The SMILES string of the molecule is O=C(OCCOc1ccccc1)c1ccc(OC(=O)c2cccc(Cl)c2)cc1. The van der Waals surface area contributed by atoms with Gasteiger partial charge in [-0.2, -0.15) is 0 Å². The van der Waals surface area contributed by atoms with E-state index in [1.165, 1.54) is 30.3 Å². The van der Waals surface area contributed by atoms with Crippen LogP contribution in [0.5, 0.6) is 11.5 Å². The molecule has 0 unspecified atom stereocenters. The number of esters is 2. The molecule has 142 valence electrons. The first-order valence-electron chi connectivity index (χ1n) is 8.54. The topological polar surface area (TPSA) is 61.8 Å². The van der Waals surface area contributed by atoms with Crippen LogP contribution < -0.4 is 9.47 Å². The van der Waals surface area contributed by atoms with Gasteiger partial charge in [0, 0.05) is 5.02 Å². The van der Waals surface area contributed by atoms with E-state index in [2.05, 4.69) is 0 Å². The highest BCUT2D eigenvalue weighted by molar-refractivity contribution is 6.30. The minimum Gasteiger partial charge on any atom is -0.490 e. The molecule has 3 aromatic carbocycles. The van der Waals surface area contributed by atoms with Crippen LogP contribution in [0, 0.1) is 0 Å². The number of carbonyl (C=O) groups excluding carboxylic acids is 2. The highest BCUT2D eigenvalue weighted by atomic mass is 35.5. The second-order valence-electron chi connectivity index (χ2n) is 5.72. The van der Waals surface area contributed by atoms with E-state index < -0.39 is 11.9 Å². The van der Waals surface area contributed by atoms with Gasteiger partial charge in [0.15, 0.2) is 0 Å². The summed E-state index contributed by atoms with van der Waals surface area (Å²) in [6.07, 6.45) is 0. The first kappa shape index (κ1) is 19.5. The standard InChI is InChI=1S/C22H17ClO5/c23-18-6-4-5-17(15-18)22(25)28-20-11-9-16(10-12-20)21(24)27-14-13-26-19-7-2-1-3-8-19/h1-12,15H,13-14H2. The van der Waals surface area contributed by atoms with Gasteiger partial charge in [-0.15, -0.1) is 0 Å². The predicted octanol–water partition coefficient (Wildman–Crippen LogP) is 4.80. The molecule has 3 rings (SSSR count). The number of ether oxygens (including phenoxy) is 3. The minimum atomic E-state index is -0.532. The Morgan fingerprint density at radius 2 is 1.46 bits per heavy atom. The predicted molar refractivity (Wildman–Crippen MR) is 105 cm³/mol. The highest BCUT2D eigenvalue weighted by Crippen LogP contribution is 2.17. The van der Waals surface area contributed by atoms with E-state index in [1.807, 2.05) is 30.3 Å². The van der Waals surface area contributed by atoms with Crippen molar-refractivity contribution in [3.05, 3.63) is 95.0 Å². The Labute approximate surface area is 167 Å². The van der Waals surface area contributed by atoms with E-state index in [0.29, 0.717) is 27.6 Å². The van der Waals surface area contributed by atoms with Crippen molar-refractivity contribution in [1.29, 1.82) is 0 Å². The molecule has 3 aromatic rings. The third-order valence-electron chi connectivity index (χ3n) is 3.69. The summed E-state index contributed by atoms with van der Waals surface area (Å²) >= 11 is 5.87. The molecular formula is C22H17ClO5. The average Bonchev–Trinajstić information content (AvgIpc) is 2.72. The maximum Gasteiger partial charge on any atom is 0.343 e. The maximum atomic E-state index is 12.1. The zero-order valence-electron chi connectivity index (χ0n) is 14.8. The van der Waals surface area contributed by atoms with E-state index in [9.17, 15) is 9.59 Å². The number of hydrogen-bond acceptors (Lipinski definition) is 5. The average molecular weight is 397 g/mol. The quantitative estimate of drug-likeness (QED) is 0.326. The zero-order chi connectivity index (χ0) is 19.8. The third-order valence-corrected chi connectivity index (χ3v) is 3.92. The molecule has 0 bridgehead atoms. The van der Waals surface area contributed by atoms with Crippen LogP contribution in [0.4, 0.5) is 0 Å². The summed E-state index contributed by atoms with van der Waals surface area (Å²) in [7, 11) is 0. The van der Waals surface area contributed by atoms with Crippen molar-refractivity contribution in [2.45, 2.75) is 0 Å². The Bertz CT molecular complexity index is 939. The summed E-state index contributed by atoms with van der Waals surface area (Å²) in [6.45, 7) is 0.379. The van der Waals surface area contributed by atoms with Crippen molar-refractivity contribution in [3.63, 3.8) is 0 Å². The number of rotatable bonds is 7. The maximum absolute atomic E-state index is 12.1. The molecule has 0 spiro atoms. The van der Waals surface area contributed by atoms with Gasteiger partial charge in [0.2, 0.25) is 0 Å². The molecule has 0 amide bonds. The van der Waals surface area contributed by atoms with Gasteiger partial charge in [-0.25, -0.2) is 9.59 Å². The van der Waals surface area contributed by atoms with E-state index in [1.54, 1.807) is 18.2 Å². The largest absolute Gasteiger partial charge is 0.490 e. The van der Waals surface area contributed by atoms with Crippen LogP contribution >= 0.6 is 11.6 Å². The van der Waals surface area contributed by atoms with Crippen LogP contribution in [-0.4, -0.2) is 25.2 Å². The van der Waals surface area contributed by atoms with Gasteiger partial charge in [0.1, 0.15) is 24.7 Å². The fourth-order valence-electron chi connectivity index (χ4n) is 2.33. The number of halogens is 1. The normalized spacial score (nSPS) is 10.2. The van der Waals surface area contributed by atoms with Crippen LogP contribution in [-0.2, 0) is 4.74 Å². The van der Waals surface area contributed by atoms with E-state index >= 15 is 0 Å². The summed E-state index contributed by atoms with van der Waals surface area (Å²) in [5.41, 5.74) is 0.691. The third kappa shape index (κ3) is 5.59. The Hall–Kier alpha value is -3.31. The Morgan fingerprint density at radius 3 is 2.18 bits per heavy atom. The molecular weight excluding hydrogens is 380 g/mol. The molecule has 0 atom stereocenters. The highest BCUT2D eigenvalue weighted by Gasteiger charge is 2.11. The van der Waals surface area contributed by atoms with Crippen molar-refractivity contribution in [3.8, 4) is 11.5 Å². The summed E-state index contributed by atoms with van der Waals surface area (Å²) in [5.74, 6) is 0.0126. The van der Waals surface area contributed by atoms with Crippen LogP contribution in [0.3, 0.4) is 0 Å². The lowest BCUT2D eigenvalue weighted by atomic mass is 10.2. The zero-order valence-corrected chi connectivity index (χ0v) is 15.6. The van der Waals surface area contributed by atoms with Crippen molar-refractivity contribution >= 4 is 23.5 Å². The number of benzene rings is 3. The van der Waals surface area contributed by atoms with E-state index in [0.717, 1.165) is 0 Å². The monoisotopic (exact) mass is 396 g/mol. The second kappa shape index (κ2) is 9.58. The Morgan fingerprint density at radius 1 is 0.714 bits per heavy atom. The van der Waals surface area contributed by atoms with Crippen molar-refractivity contribution in [2.75, 3.05) is 13.2 Å². The molecule has 5 nitrogen and oxygen atoms in total. The molecule has 6 heteroatoms. The number of hydrogen-bond donors (Lipinski definition) is 0. The lowest BCUT2D eigenvalue weighted by Crippen LogP contribution is -2.12. The second-order valence-corrected chi connectivity index (χ2v) is 6.16. The molecule has 0 aliphatic rings. The molecule has 0 aliphatic heterocycles. The van der Waals surface area contributed by atoms with Gasteiger partial charge >= 0.3 is 11.9 Å². The molecule has 0 saturated carbocycles.